The highest BCUT2D eigenvalue weighted by atomic mass is 16.3. The Morgan fingerprint density at radius 2 is 1.95 bits per heavy atom. The number of benzene rings is 1. The van der Waals surface area contributed by atoms with Crippen molar-refractivity contribution in [3.8, 4) is 11.3 Å². The zero-order valence-electron chi connectivity index (χ0n) is 11.2. The Morgan fingerprint density at radius 1 is 1.26 bits per heavy atom. The third kappa shape index (κ3) is 2.41. The van der Waals surface area contributed by atoms with Crippen LogP contribution >= 0.6 is 0 Å². The summed E-state index contributed by atoms with van der Waals surface area (Å²) in [6.45, 7) is 3.90. The third-order valence-corrected chi connectivity index (χ3v) is 3.64. The molecule has 0 unspecified atom stereocenters. The maximum atomic E-state index is 12.2. The number of nitrogens with one attached hydrogen (secondary N) is 1. The smallest absolute Gasteiger partial charge is 0.255 e. The van der Waals surface area contributed by atoms with Gasteiger partial charge in [-0.1, -0.05) is 30.3 Å². The number of aryl methyl sites for hydroxylation is 1. The molecule has 19 heavy (non-hydrogen) atoms. The molecule has 1 saturated carbocycles. The molecular formula is C16H17NO2. The van der Waals surface area contributed by atoms with Crippen LogP contribution in [0.5, 0.6) is 0 Å². The van der Waals surface area contributed by atoms with Crippen LogP contribution in [0.15, 0.2) is 40.8 Å². The fourth-order valence-electron chi connectivity index (χ4n) is 2.11. The molecule has 0 saturated heterocycles. The summed E-state index contributed by atoms with van der Waals surface area (Å²) in [5, 5.41) is 3.05. The van der Waals surface area contributed by atoms with Crippen molar-refractivity contribution >= 4 is 5.91 Å². The quantitative estimate of drug-likeness (QED) is 0.911. The third-order valence-electron chi connectivity index (χ3n) is 3.64. The molecule has 98 valence electrons. The second-order valence-electron chi connectivity index (χ2n) is 5.46. The van der Waals surface area contributed by atoms with E-state index in [-0.39, 0.29) is 11.4 Å². The molecule has 3 nitrogen and oxygen atoms in total. The predicted octanol–water partition coefficient (Wildman–Crippen LogP) is 3.54. The summed E-state index contributed by atoms with van der Waals surface area (Å²) in [7, 11) is 0. The lowest BCUT2D eigenvalue weighted by Gasteiger charge is -2.10. The fraction of sp³-hybridized carbons (Fsp3) is 0.312. The molecule has 1 fully saturated rings. The lowest BCUT2D eigenvalue weighted by molar-refractivity contribution is 0.0934. The predicted molar refractivity (Wildman–Crippen MR) is 74.0 cm³/mol. The monoisotopic (exact) mass is 255 g/mol. The molecule has 1 aliphatic rings. The van der Waals surface area contributed by atoms with Crippen LogP contribution in [0, 0.1) is 6.92 Å². The van der Waals surface area contributed by atoms with Crippen LogP contribution < -0.4 is 5.32 Å². The van der Waals surface area contributed by atoms with Gasteiger partial charge in [0.05, 0.1) is 5.56 Å². The first-order valence-corrected chi connectivity index (χ1v) is 6.56. The molecule has 0 spiro atoms. The minimum absolute atomic E-state index is 0.00625. The molecule has 2 aromatic rings. The summed E-state index contributed by atoms with van der Waals surface area (Å²) >= 11 is 0. The van der Waals surface area contributed by atoms with E-state index >= 15 is 0 Å². The Kier molecular flexibility index (Phi) is 2.70. The highest BCUT2D eigenvalue weighted by Gasteiger charge is 2.39. The van der Waals surface area contributed by atoms with Gasteiger partial charge in [0.25, 0.3) is 5.91 Å². The van der Waals surface area contributed by atoms with Gasteiger partial charge in [0.15, 0.2) is 0 Å². The second-order valence-corrected chi connectivity index (χ2v) is 5.46. The average Bonchev–Trinajstić information content (AvgIpc) is 2.99. The van der Waals surface area contributed by atoms with Crippen molar-refractivity contribution in [1.29, 1.82) is 0 Å². The van der Waals surface area contributed by atoms with Crippen LogP contribution in [0.1, 0.15) is 35.9 Å². The van der Waals surface area contributed by atoms with E-state index in [0.29, 0.717) is 11.3 Å². The minimum Gasteiger partial charge on any atom is -0.461 e. The van der Waals surface area contributed by atoms with Crippen molar-refractivity contribution < 1.29 is 9.21 Å². The Labute approximate surface area is 112 Å². The van der Waals surface area contributed by atoms with Crippen LogP contribution in [-0.4, -0.2) is 11.4 Å². The molecule has 0 atom stereocenters. The molecule has 0 radical (unpaired) electrons. The zero-order chi connectivity index (χ0) is 13.5. The van der Waals surface area contributed by atoms with Crippen molar-refractivity contribution in [2.45, 2.75) is 32.2 Å². The van der Waals surface area contributed by atoms with Gasteiger partial charge in [-0.15, -0.1) is 0 Å². The van der Waals surface area contributed by atoms with E-state index in [1.54, 1.807) is 0 Å². The average molecular weight is 255 g/mol. The van der Waals surface area contributed by atoms with Gasteiger partial charge >= 0.3 is 0 Å². The lowest BCUT2D eigenvalue weighted by atomic mass is 10.1. The number of carbonyl (C=O) groups excluding carboxylic acids is 1. The standard InChI is InChI=1S/C16H17NO2/c1-11-13(15(18)17-16(2)8-9-16)10-14(19-11)12-6-4-3-5-7-12/h3-7,10H,8-9H2,1-2H3,(H,17,18). The first kappa shape index (κ1) is 12.0. The maximum absolute atomic E-state index is 12.2. The SMILES string of the molecule is Cc1oc(-c2ccccc2)cc1C(=O)NC1(C)CC1. The normalized spacial score (nSPS) is 16.1. The summed E-state index contributed by atoms with van der Waals surface area (Å²) in [6, 6.07) is 11.6. The Hall–Kier alpha value is -2.03. The molecule has 0 bridgehead atoms. The van der Waals surface area contributed by atoms with Crippen LogP contribution in [0.3, 0.4) is 0 Å². The topological polar surface area (TPSA) is 42.2 Å². The van der Waals surface area contributed by atoms with Crippen molar-refractivity contribution in [2.75, 3.05) is 0 Å². The molecule has 3 rings (SSSR count). The van der Waals surface area contributed by atoms with Crippen LogP contribution in [0.2, 0.25) is 0 Å². The number of carbonyl (C=O) groups is 1. The van der Waals surface area contributed by atoms with Gasteiger partial charge in [-0.2, -0.15) is 0 Å². The summed E-state index contributed by atoms with van der Waals surface area (Å²) in [4.78, 5) is 12.2. The zero-order valence-corrected chi connectivity index (χ0v) is 11.2. The van der Waals surface area contributed by atoms with E-state index in [4.69, 9.17) is 4.42 Å². The number of furan rings is 1. The van der Waals surface area contributed by atoms with Gasteiger partial charge in [0.1, 0.15) is 11.5 Å². The first-order valence-electron chi connectivity index (χ1n) is 6.56. The van der Waals surface area contributed by atoms with Crippen molar-refractivity contribution in [3.05, 3.63) is 47.7 Å². The van der Waals surface area contributed by atoms with Crippen molar-refractivity contribution in [2.24, 2.45) is 0 Å². The summed E-state index contributed by atoms with van der Waals surface area (Å²) < 4.78 is 5.70. The number of hydrogen-bond acceptors (Lipinski definition) is 2. The van der Waals surface area contributed by atoms with Crippen molar-refractivity contribution in [1.82, 2.24) is 5.32 Å². The van der Waals surface area contributed by atoms with E-state index < -0.39 is 0 Å². The molecule has 1 aliphatic carbocycles. The number of amides is 1. The van der Waals surface area contributed by atoms with E-state index in [1.807, 2.05) is 43.3 Å². The van der Waals surface area contributed by atoms with E-state index in [2.05, 4.69) is 12.2 Å². The highest BCUT2D eigenvalue weighted by molar-refractivity contribution is 5.96. The molecule has 3 heteroatoms. The lowest BCUT2D eigenvalue weighted by Crippen LogP contribution is -2.34. The van der Waals surface area contributed by atoms with Gasteiger partial charge < -0.3 is 9.73 Å². The Morgan fingerprint density at radius 3 is 2.58 bits per heavy atom. The summed E-state index contributed by atoms with van der Waals surface area (Å²) in [6.07, 6.45) is 2.11. The molecule has 1 heterocycles. The van der Waals surface area contributed by atoms with Gasteiger partial charge in [0, 0.05) is 11.1 Å². The molecule has 1 N–H and O–H groups in total. The highest BCUT2D eigenvalue weighted by Crippen LogP contribution is 2.35. The summed E-state index contributed by atoms with van der Waals surface area (Å²) in [5.74, 6) is 1.37. The van der Waals surface area contributed by atoms with Gasteiger partial charge in [-0.05, 0) is 32.8 Å². The minimum atomic E-state index is -0.0385. The Balaban J connectivity index is 1.87. The maximum Gasteiger partial charge on any atom is 0.255 e. The fourth-order valence-corrected chi connectivity index (χ4v) is 2.11. The second kappa shape index (κ2) is 4.26. The largest absolute Gasteiger partial charge is 0.461 e. The first-order chi connectivity index (χ1) is 9.07. The van der Waals surface area contributed by atoms with E-state index in [1.165, 1.54) is 0 Å². The van der Waals surface area contributed by atoms with Crippen LogP contribution in [0.25, 0.3) is 11.3 Å². The van der Waals surface area contributed by atoms with Crippen LogP contribution in [0.4, 0.5) is 0 Å². The van der Waals surface area contributed by atoms with E-state index in [0.717, 1.165) is 24.2 Å². The van der Waals surface area contributed by atoms with Gasteiger partial charge in [0.2, 0.25) is 0 Å². The molecule has 1 aromatic carbocycles. The number of hydrogen-bond donors (Lipinski definition) is 1. The van der Waals surface area contributed by atoms with Crippen molar-refractivity contribution in [3.63, 3.8) is 0 Å². The molecule has 1 amide bonds. The van der Waals surface area contributed by atoms with Gasteiger partial charge in [-0.25, -0.2) is 0 Å². The molecule has 1 aromatic heterocycles. The van der Waals surface area contributed by atoms with E-state index in [9.17, 15) is 4.79 Å². The molecule has 0 aliphatic heterocycles. The van der Waals surface area contributed by atoms with Crippen LogP contribution in [-0.2, 0) is 0 Å². The molecular weight excluding hydrogens is 238 g/mol. The van der Waals surface area contributed by atoms with Gasteiger partial charge in [-0.3, -0.25) is 4.79 Å². The number of rotatable bonds is 3. The Bertz CT molecular complexity index is 609. The summed E-state index contributed by atoms with van der Waals surface area (Å²) in [5.41, 5.74) is 1.61.